The average Bonchev–Trinajstić information content (AvgIpc) is 2.73. The SMILES string of the molecule is Cn1ccc(COc2ccccc2CBr)n1. The number of aryl methyl sites for hydroxylation is 1. The molecular formula is C12H13BrN2O. The molecule has 2 aromatic rings. The highest BCUT2D eigenvalue weighted by Gasteiger charge is 2.02. The van der Waals surface area contributed by atoms with Gasteiger partial charge in [-0.25, -0.2) is 0 Å². The number of aromatic nitrogens is 2. The van der Waals surface area contributed by atoms with E-state index in [9.17, 15) is 0 Å². The summed E-state index contributed by atoms with van der Waals surface area (Å²) < 4.78 is 7.49. The summed E-state index contributed by atoms with van der Waals surface area (Å²) in [5.74, 6) is 0.907. The van der Waals surface area contributed by atoms with E-state index in [2.05, 4.69) is 21.0 Å². The normalized spacial score (nSPS) is 10.4. The molecule has 0 aliphatic carbocycles. The number of para-hydroxylation sites is 1. The van der Waals surface area contributed by atoms with E-state index in [0.29, 0.717) is 6.61 Å². The Morgan fingerprint density at radius 1 is 1.31 bits per heavy atom. The highest BCUT2D eigenvalue weighted by atomic mass is 79.9. The molecule has 3 nitrogen and oxygen atoms in total. The number of benzene rings is 1. The number of rotatable bonds is 4. The summed E-state index contributed by atoms with van der Waals surface area (Å²) in [6.45, 7) is 0.505. The standard InChI is InChI=1S/C12H13BrN2O/c1-15-7-6-11(14-15)9-16-12-5-3-2-4-10(12)8-13/h2-7H,8-9H2,1H3. The lowest BCUT2D eigenvalue weighted by Gasteiger charge is -2.08. The number of hydrogen-bond donors (Lipinski definition) is 0. The molecule has 0 unspecified atom stereocenters. The van der Waals surface area contributed by atoms with Gasteiger partial charge in [0, 0.05) is 24.1 Å². The third kappa shape index (κ3) is 2.64. The van der Waals surface area contributed by atoms with Gasteiger partial charge in [-0.2, -0.15) is 5.10 Å². The van der Waals surface area contributed by atoms with E-state index in [-0.39, 0.29) is 0 Å². The van der Waals surface area contributed by atoms with Gasteiger partial charge in [-0.1, -0.05) is 34.1 Å². The Bertz CT molecular complexity index is 468. The van der Waals surface area contributed by atoms with Crippen LogP contribution in [0.3, 0.4) is 0 Å². The first kappa shape index (κ1) is 11.2. The van der Waals surface area contributed by atoms with Crippen molar-refractivity contribution in [1.29, 1.82) is 0 Å². The fraction of sp³-hybridized carbons (Fsp3) is 0.250. The van der Waals surface area contributed by atoms with Crippen molar-refractivity contribution in [2.75, 3.05) is 0 Å². The minimum Gasteiger partial charge on any atom is -0.487 e. The maximum atomic E-state index is 5.72. The van der Waals surface area contributed by atoms with Gasteiger partial charge in [0.25, 0.3) is 0 Å². The number of nitrogens with zero attached hydrogens (tertiary/aromatic N) is 2. The van der Waals surface area contributed by atoms with Crippen molar-refractivity contribution in [3.05, 3.63) is 47.8 Å². The minimum absolute atomic E-state index is 0.505. The third-order valence-corrected chi connectivity index (χ3v) is 2.87. The summed E-state index contributed by atoms with van der Waals surface area (Å²) in [4.78, 5) is 0. The maximum Gasteiger partial charge on any atom is 0.132 e. The molecule has 1 aromatic carbocycles. The van der Waals surface area contributed by atoms with Crippen LogP contribution >= 0.6 is 15.9 Å². The van der Waals surface area contributed by atoms with Crippen LogP contribution in [0.2, 0.25) is 0 Å². The van der Waals surface area contributed by atoms with Gasteiger partial charge in [-0.3, -0.25) is 4.68 Å². The zero-order valence-corrected chi connectivity index (χ0v) is 10.6. The molecule has 0 saturated heterocycles. The van der Waals surface area contributed by atoms with Crippen molar-refractivity contribution in [3.63, 3.8) is 0 Å². The first-order valence-electron chi connectivity index (χ1n) is 5.05. The Hall–Kier alpha value is -1.29. The fourth-order valence-corrected chi connectivity index (χ4v) is 1.91. The molecule has 0 fully saturated rings. The Kier molecular flexibility index (Phi) is 3.62. The molecule has 1 aromatic heterocycles. The first-order valence-corrected chi connectivity index (χ1v) is 6.17. The van der Waals surface area contributed by atoms with Crippen molar-refractivity contribution in [1.82, 2.24) is 9.78 Å². The molecule has 84 valence electrons. The fourth-order valence-electron chi connectivity index (χ4n) is 1.45. The van der Waals surface area contributed by atoms with Gasteiger partial charge in [0.2, 0.25) is 0 Å². The number of halogens is 1. The van der Waals surface area contributed by atoms with Crippen LogP contribution in [-0.2, 0) is 19.0 Å². The van der Waals surface area contributed by atoms with Crippen LogP contribution in [-0.4, -0.2) is 9.78 Å². The van der Waals surface area contributed by atoms with Gasteiger partial charge >= 0.3 is 0 Å². The van der Waals surface area contributed by atoms with Gasteiger partial charge in [0.1, 0.15) is 12.4 Å². The summed E-state index contributed by atoms with van der Waals surface area (Å²) in [6, 6.07) is 9.95. The summed E-state index contributed by atoms with van der Waals surface area (Å²) in [7, 11) is 1.90. The van der Waals surface area contributed by atoms with Crippen molar-refractivity contribution in [3.8, 4) is 5.75 Å². The van der Waals surface area contributed by atoms with Crippen LogP contribution in [0.15, 0.2) is 36.5 Å². The molecular weight excluding hydrogens is 268 g/mol. The zero-order valence-electron chi connectivity index (χ0n) is 9.06. The lowest BCUT2D eigenvalue weighted by Crippen LogP contribution is -1.99. The smallest absolute Gasteiger partial charge is 0.132 e. The lowest BCUT2D eigenvalue weighted by atomic mass is 10.2. The van der Waals surface area contributed by atoms with E-state index >= 15 is 0 Å². The summed E-state index contributed by atoms with van der Waals surface area (Å²) in [5.41, 5.74) is 2.09. The van der Waals surface area contributed by atoms with Crippen LogP contribution in [0.1, 0.15) is 11.3 Å². The van der Waals surface area contributed by atoms with Gasteiger partial charge in [-0.15, -0.1) is 0 Å². The van der Waals surface area contributed by atoms with Crippen LogP contribution in [0.4, 0.5) is 0 Å². The summed E-state index contributed by atoms with van der Waals surface area (Å²) >= 11 is 3.44. The van der Waals surface area contributed by atoms with Gasteiger partial charge < -0.3 is 4.74 Å². The molecule has 1 heterocycles. The zero-order chi connectivity index (χ0) is 11.4. The van der Waals surface area contributed by atoms with E-state index in [4.69, 9.17) is 4.74 Å². The maximum absolute atomic E-state index is 5.72. The van der Waals surface area contributed by atoms with Gasteiger partial charge in [0.15, 0.2) is 0 Å². The van der Waals surface area contributed by atoms with E-state index in [1.54, 1.807) is 4.68 Å². The lowest BCUT2D eigenvalue weighted by molar-refractivity contribution is 0.298. The van der Waals surface area contributed by atoms with Gasteiger partial charge in [-0.05, 0) is 12.1 Å². The second kappa shape index (κ2) is 5.16. The molecule has 0 amide bonds. The van der Waals surface area contributed by atoms with Crippen LogP contribution in [0.5, 0.6) is 5.75 Å². The summed E-state index contributed by atoms with van der Waals surface area (Å²) in [6.07, 6.45) is 1.91. The second-order valence-electron chi connectivity index (χ2n) is 3.51. The highest BCUT2D eigenvalue weighted by molar-refractivity contribution is 9.08. The van der Waals surface area contributed by atoms with Crippen LogP contribution in [0.25, 0.3) is 0 Å². The van der Waals surface area contributed by atoms with Crippen molar-refractivity contribution in [2.24, 2.45) is 7.05 Å². The van der Waals surface area contributed by atoms with Crippen molar-refractivity contribution >= 4 is 15.9 Å². The molecule has 0 radical (unpaired) electrons. The number of hydrogen-bond acceptors (Lipinski definition) is 2. The van der Waals surface area contributed by atoms with Crippen LogP contribution in [0, 0.1) is 0 Å². The van der Waals surface area contributed by atoms with Crippen molar-refractivity contribution in [2.45, 2.75) is 11.9 Å². The Morgan fingerprint density at radius 3 is 2.81 bits per heavy atom. The third-order valence-electron chi connectivity index (χ3n) is 2.26. The van der Waals surface area contributed by atoms with E-state index < -0.39 is 0 Å². The summed E-state index contributed by atoms with van der Waals surface area (Å²) in [5, 5.41) is 5.06. The molecule has 0 atom stereocenters. The quantitative estimate of drug-likeness (QED) is 0.806. The topological polar surface area (TPSA) is 27.1 Å². The Morgan fingerprint density at radius 2 is 2.12 bits per heavy atom. The molecule has 0 aliphatic heterocycles. The molecule has 0 N–H and O–H groups in total. The first-order chi connectivity index (χ1) is 7.79. The minimum atomic E-state index is 0.505. The van der Waals surface area contributed by atoms with E-state index in [0.717, 1.165) is 22.3 Å². The molecule has 0 saturated carbocycles. The molecule has 2 rings (SSSR count). The molecule has 0 bridgehead atoms. The van der Waals surface area contributed by atoms with E-state index in [1.807, 2.05) is 43.6 Å². The predicted molar refractivity (Wildman–Crippen MR) is 66.6 cm³/mol. The number of ether oxygens (including phenoxy) is 1. The van der Waals surface area contributed by atoms with Crippen LogP contribution < -0.4 is 4.74 Å². The predicted octanol–water partition coefficient (Wildman–Crippen LogP) is 2.89. The Labute approximate surface area is 103 Å². The highest BCUT2D eigenvalue weighted by Crippen LogP contribution is 2.21. The monoisotopic (exact) mass is 280 g/mol. The Balaban J connectivity index is 2.04. The molecule has 4 heteroatoms. The molecule has 16 heavy (non-hydrogen) atoms. The largest absolute Gasteiger partial charge is 0.487 e. The second-order valence-corrected chi connectivity index (χ2v) is 4.07. The molecule has 0 aliphatic rings. The average molecular weight is 281 g/mol. The van der Waals surface area contributed by atoms with E-state index in [1.165, 1.54) is 0 Å². The van der Waals surface area contributed by atoms with Gasteiger partial charge in [0.05, 0.1) is 5.69 Å². The molecule has 0 spiro atoms. The van der Waals surface area contributed by atoms with Crippen molar-refractivity contribution < 1.29 is 4.74 Å². The number of alkyl halides is 1.